The van der Waals surface area contributed by atoms with E-state index in [1.165, 1.54) is 12.1 Å². The number of aryl methyl sites for hydroxylation is 1. The van der Waals surface area contributed by atoms with E-state index in [1.54, 1.807) is 19.4 Å². The van der Waals surface area contributed by atoms with Gasteiger partial charge in [-0.15, -0.1) is 0 Å². The second-order valence-corrected chi connectivity index (χ2v) is 4.67. The molecular formula is C14H17N3O3. The van der Waals surface area contributed by atoms with Crippen molar-refractivity contribution in [3.63, 3.8) is 0 Å². The highest BCUT2D eigenvalue weighted by molar-refractivity contribution is 5.91. The summed E-state index contributed by atoms with van der Waals surface area (Å²) in [6.07, 6.45) is 6.10. The smallest absolute Gasteiger partial charge is 0.287 e. The van der Waals surface area contributed by atoms with Gasteiger partial charge in [0, 0.05) is 37.1 Å². The molecule has 2 rings (SSSR count). The van der Waals surface area contributed by atoms with Crippen molar-refractivity contribution in [1.29, 1.82) is 0 Å². The maximum atomic E-state index is 11.9. The Morgan fingerprint density at radius 1 is 1.50 bits per heavy atom. The van der Waals surface area contributed by atoms with Crippen LogP contribution in [0.2, 0.25) is 0 Å². The van der Waals surface area contributed by atoms with Crippen molar-refractivity contribution in [1.82, 2.24) is 14.9 Å². The molecule has 2 aromatic heterocycles. The third-order valence-corrected chi connectivity index (χ3v) is 3.00. The molecule has 20 heavy (non-hydrogen) atoms. The Morgan fingerprint density at radius 2 is 2.30 bits per heavy atom. The van der Waals surface area contributed by atoms with Crippen LogP contribution in [-0.4, -0.2) is 22.0 Å². The molecule has 2 aromatic rings. The van der Waals surface area contributed by atoms with Gasteiger partial charge in [0.05, 0.1) is 6.33 Å². The largest absolute Gasteiger partial charge is 0.456 e. The van der Waals surface area contributed by atoms with Crippen LogP contribution in [0.1, 0.15) is 35.7 Å². The lowest BCUT2D eigenvalue weighted by atomic mass is 10.2. The average molecular weight is 275 g/mol. The van der Waals surface area contributed by atoms with Gasteiger partial charge in [-0.25, -0.2) is 4.98 Å². The van der Waals surface area contributed by atoms with Gasteiger partial charge in [-0.05, 0) is 20.3 Å². The topological polar surface area (TPSA) is 77.1 Å². The van der Waals surface area contributed by atoms with Crippen LogP contribution >= 0.6 is 0 Å². The Labute approximate surface area is 116 Å². The molecule has 0 aromatic carbocycles. The van der Waals surface area contributed by atoms with Crippen LogP contribution in [0.25, 0.3) is 0 Å². The maximum Gasteiger partial charge on any atom is 0.287 e. The third-order valence-electron chi connectivity index (χ3n) is 3.00. The highest BCUT2D eigenvalue weighted by Crippen LogP contribution is 2.08. The van der Waals surface area contributed by atoms with Crippen LogP contribution in [0.15, 0.2) is 40.1 Å². The monoisotopic (exact) mass is 275 g/mol. The first-order valence-electron chi connectivity index (χ1n) is 6.43. The first-order valence-corrected chi connectivity index (χ1v) is 6.43. The van der Waals surface area contributed by atoms with E-state index in [0.29, 0.717) is 12.3 Å². The number of nitrogens with zero attached hydrogens (tertiary/aromatic N) is 2. The van der Waals surface area contributed by atoms with Crippen molar-refractivity contribution in [3.8, 4) is 0 Å². The molecular weight excluding hydrogens is 258 g/mol. The van der Waals surface area contributed by atoms with Crippen molar-refractivity contribution in [2.45, 2.75) is 26.3 Å². The van der Waals surface area contributed by atoms with Gasteiger partial charge in [0.15, 0.2) is 11.2 Å². The van der Waals surface area contributed by atoms with Crippen LogP contribution in [0.4, 0.5) is 0 Å². The van der Waals surface area contributed by atoms with E-state index in [-0.39, 0.29) is 23.1 Å². The molecule has 0 saturated heterocycles. The Balaban J connectivity index is 1.88. The van der Waals surface area contributed by atoms with Gasteiger partial charge in [-0.1, -0.05) is 0 Å². The minimum absolute atomic E-state index is 0.0466. The molecule has 1 atom stereocenters. The van der Waals surface area contributed by atoms with E-state index in [2.05, 4.69) is 10.3 Å². The molecule has 6 nitrogen and oxygen atoms in total. The minimum Gasteiger partial charge on any atom is -0.456 e. The van der Waals surface area contributed by atoms with Crippen molar-refractivity contribution < 1.29 is 9.21 Å². The Hall–Kier alpha value is -2.37. The molecule has 0 aliphatic rings. The number of hydrogen-bond donors (Lipinski definition) is 1. The molecule has 0 fully saturated rings. The number of imidazole rings is 1. The van der Waals surface area contributed by atoms with Crippen LogP contribution in [0, 0.1) is 6.92 Å². The summed E-state index contributed by atoms with van der Waals surface area (Å²) in [6, 6.07) is 2.78. The first-order chi connectivity index (χ1) is 9.56. The fraction of sp³-hybridized carbons (Fsp3) is 0.357. The lowest BCUT2D eigenvalue weighted by Gasteiger charge is -2.13. The normalized spacial score (nSPS) is 12.1. The fourth-order valence-corrected chi connectivity index (χ4v) is 1.88. The van der Waals surface area contributed by atoms with E-state index in [9.17, 15) is 9.59 Å². The van der Waals surface area contributed by atoms with Crippen LogP contribution < -0.4 is 10.7 Å². The highest BCUT2D eigenvalue weighted by Gasteiger charge is 2.10. The molecule has 0 aliphatic heterocycles. The molecule has 0 saturated carbocycles. The summed E-state index contributed by atoms with van der Waals surface area (Å²) < 4.78 is 7.19. The summed E-state index contributed by atoms with van der Waals surface area (Å²) in [5, 5.41) is 2.74. The van der Waals surface area contributed by atoms with Crippen molar-refractivity contribution in [2.24, 2.45) is 0 Å². The Morgan fingerprint density at radius 3 is 2.95 bits per heavy atom. The van der Waals surface area contributed by atoms with E-state index >= 15 is 0 Å². The first kappa shape index (κ1) is 14.0. The van der Waals surface area contributed by atoms with E-state index in [1.807, 2.05) is 17.7 Å². The van der Waals surface area contributed by atoms with Gasteiger partial charge in [0.25, 0.3) is 5.91 Å². The SMILES string of the molecule is Cc1cc(=O)cc(C(=O)NCC[C@H](C)n2ccnc2)o1. The van der Waals surface area contributed by atoms with Crippen molar-refractivity contribution in [2.75, 3.05) is 6.54 Å². The number of carbonyl (C=O) groups is 1. The summed E-state index contributed by atoms with van der Waals surface area (Å²) in [6.45, 7) is 4.18. The number of nitrogens with one attached hydrogen (secondary N) is 1. The van der Waals surface area contributed by atoms with Crippen LogP contribution in [0.5, 0.6) is 0 Å². The van der Waals surface area contributed by atoms with Crippen molar-refractivity contribution >= 4 is 5.91 Å². The number of aromatic nitrogens is 2. The van der Waals surface area contributed by atoms with Gasteiger partial charge in [0.2, 0.25) is 0 Å². The predicted octanol–water partition coefficient (Wildman–Crippen LogP) is 1.53. The number of hydrogen-bond acceptors (Lipinski definition) is 4. The molecule has 106 valence electrons. The Bertz CT molecular complexity index is 631. The summed E-state index contributed by atoms with van der Waals surface area (Å²) in [5.74, 6) is 0.100. The highest BCUT2D eigenvalue weighted by atomic mass is 16.3. The number of rotatable bonds is 5. The molecule has 0 bridgehead atoms. The van der Waals surface area contributed by atoms with Gasteiger partial charge in [0.1, 0.15) is 5.76 Å². The van der Waals surface area contributed by atoms with E-state index in [0.717, 1.165) is 6.42 Å². The average Bonchev–Trinajstić information content (AvgIpc) is 2.91. The lowest BCUT2D eigenvalue weighted by molar-refractivity contribution is 0.0920. The van der Waals surface area contributed by atoms with Crippen LogP contribution in [0.3, 0.4) is 0 Å². The number of amides is 1. The zero-order valence-electron chi connectivity index (χ0n) is 11.5. The summed E-state index contributed by atoms with van der Waals surface area (Å²) in [5.41, 5.74) is -0.231. The summed E-state index contributed by atoms with van der Waals surface area (Å²) in [4.78, 5) is 27.1. The Kier molecular flexibility index (Phi) is 4.34. The van der Waals surface area contributed by atoms with Gasteiger partial charge < -0.3 is 14.3 Å². The fourth-order valence-electron chi connectivity index (χ4n) is 1.88. The minimum atomic E-state index is -0.372. The van der Waals surface area contributed by atoms with Crippen molar-refractivity contribution in [3.05, 3.63) is 52.6 Å². The molecule has 1 amide bonds. The third kappa shape index (κ3) is 3.57. The maximum absolute atomic E-state index is 11.9. The van der Waals surface area contributed by atoms with E-state index < -0.39 is 0 Å². The van der Waals surface area contributed by atoms with Crippen LogP contribution in [-0.2, 0) is 0 Å². The molecule has 6 heteroatoms. The molecule has 0 unspecified atom stereocenters. The summed E-state index contributed by atoms with van der Waals surface area (Å²) >= 11 is 0. The molecule has 1 N–H and O–H groups in total. The zero-order chi connectivity index (χ0) is 14.5. The predicted molar refractivity (Wildman–Crippen MR) is 73.6 cm³/mol. The second kappa shape index (κ2) is 6.18. The molecule has 0 aliphatic carbocycles. The molecule has 2 heterocycles. The number of carbonyl (C=O) groups excluding carboxylic acids is 1. The van der Waals surface area contributed by atoms with Gasteiger partial charge >= 0.3 is 0 Å². The molecule has 0 spiro atoms. The lowest BCUT2D eigenvalue weighted by Crippen LogP contribution is -2.26. The van der Waals surface area contributed by atoms with Gasteiger partial charge in [-0.2, -0.15) is 0 Å². The quantitative estimate of drug-likeness (QED) is 0.897. The van der Waals surface area contributed by atoms with Gasteiger partial charge in [-0.3, -0.25) is 9.59 Å². The summed E-state index contributed by atoms with van der Waals surface area (Å²) in [7, 11) is 0. The second-order valence-electron chi connectivity index (χ2n) is 4.67. The zero-order valence-corrected chi connectivity index (χ0v) is 11.5. The van der Waals surface area contributed by atoms with E-state index in [4.69, 9.17) is 4.42 Å². The standard InChI is InChI=1S/C14H17N3O3/c1-10(17-6-5-15-9-17)3-4-16-14(19)13-8-12(18)7-11(2)20-13/h5-10H,3-4H2,1-2H3,(H,16,19)/t10-/m0/s1. The molecule has 0 radical (unpaired) electrons.